The van der Waals surface area contributed by atoms with Gasteiger partial charge in [-0.2, -0.15) is 0 Å². The fourth-order valence-electron chi connectivity index (χ4n) is 8.86. The van der Waals surface area contributed by atoms with Crippen molar-refractivity contribution < 1.29 is 52.3 Å². The molecule has 2 saturated heterocycles. The molecule has 316 valence electrons. The van der Waals surface area contributed by atoms with Crippen LogP contribution in [0.15, 0.2) is 42.5 Å². The van der Waals surface area contributed by atoms with E-state index in [-0.39, 0.29) is 58.1 Å². The van der Waals surface area contributed by atoms with Crippen molar-refractivity contribution in [1.82, 2.24) is 9.80 Å². The van der Waals surface area contributed by atoms with Crippen molar-refractivity contribution in [3.8, 4) is 0 Å². The molecule has 0 spiro atoms. The van der Waals surface area contributed by atoms with Gasteiger partial charge in [-0.3, -0.25) is 33.8 Å². The number of Topliss-reactive ketones (excluding diaryl/α,β-unsaturated/α-hetero) is 2. The van der Waals surface area contributed by atoms with Crippen molar-refractivity contribution in [1.29, 1.82) is 0 Å². The summed E-state index contributed by atoms with van der Waals surface area (Å²) in [7, 11) is -2.06. The van der Waals surface area contributed by atoms with Crippen molar-refractivity contribution in [3.05, 3.63) is 98.1 Å². The lowest BCUT2D eigenvalue weighted by molar-refractivity contribution is -0.148. The van der Waals surface area contributed by atoms with Crippen molar-refractivity contribution >= 4 is 47.3 Å². The lowest BCUT2D eigenvalue weighted by Crippen LogP contribution is -2.58. The van der Waals surface area contributed by atoms with Gasteiger partial charge in [0.1, 0.15) is 17.9 Å². The number of ketones is 2. The predicted molar refractivity (Wildman–Crippen MR) is 223 cm³/mol. The Balaban J connectivity index is 1.62. The molecule has 3 unspecified atom stereocenters. The SMILES string of the molecule is COCC(C=O)(CC(=O)c1c(C)cc(C)c(C(=O)P(=O)(C(=O)c2c(C)cc(C)c(C(=O)CC(C(=O)OC)N3CCOCC3)c2C)c2ccccc2)c1C)N1CCOCC1. The number of methoxy groups -OCH3 is 2. The minimum Gasteiger partial charge on any atom is -0.468 e. The van der Waals surface area contributed by atoms with Crippen LogP contribution < -0.4 is 5.30 Å². The molecule has 2 aliphatic heterocycles. The van der Waals surface area contributed by atoms with Crippen LogP contribution in [0, 0.1) is 41.5 Å². The predicted octanol–water partition coefficient (Wildman–Crippen LogP) is 5.14. The molecule has 0 radical (unpaired) electrons. The Kier molecular flexibility index (Phi) is 14.9. The summed E-state index contributed by atoms with van der Waals surface area (Å²) in [5.74, 6) is -1.40. The van der Waals surface area contributed by atoms with Gasteiger partial charge in [-0.15, -0.1) is 0 Å². The number of carbonyl (C=O) groups excluding carboxylic acids is 6. The summed E-state index contributed by atoms with van der Waals surface area (Å²) >= 11 is 0. The lowest BCUT2D eigenvalue weighted by atomic mass is 9.85. The molecule has 3 aromatic rings. The molecular formula is C45H55N2O11P. The zero-order valence-electron chi connectivity index (χ0n) is 35.3. The molecule has 3 aromatic carbocycles. The van der Waals surface area contributed by atoms with Crippen molar-refractivity contribution in [2.24, 2.45) is 0 Å². The Bertz CT molecular complexity index is 2170. The molecule has 13 nitrogen and oxygen atoms in total. The van der Waals surface area contributed by atoms with Crippen molar-refractivity contribution in [2.75, 3.05) is 73.4 Å². The summed E-state index contributed by atoms with van der Waals surface area (Å²) in [6, 6.07) is 10.2. The van der Waals surface area contributed by atoms with E-state index in [9.17, 15) is 19.2 Å². The highest BCUT2D eigenvalue weighted by Crippen LogP contribution is 2.53. The zero-order valence-corrected chi connectivity index (χ0v) is 36.2. The zero-order chi connectivity index (χ0) is 43.2. The van der Waals surface area contributed by atoms with Crippen LogP contribution in [0.4, 0.5) is 0 Å². The summed E-state index contributed by atoms with van der Waals surface area (Å²) in [4.78, 5) is 88.5. The van der Waals surface area contributed by atoms with Crippen molar-refractivity contribution in [3.63, 3.8) is 0 Å². The van der Waals surface area contributed by atoms with Gasteiger partial charge in [0.25, 0.3) is 0 Å². The van der Waals surface area contributed by atoms with E-state index in [1.165, 1.54) is 26.4 Å². The molecule has 0 amide bonds. The van der Waals surface area contributed by atoms with Gasteiger partial charge in [-0.1, -0.05) is 42.5 Å². The van der Waals surface area contributed by atoms with Gasteiger partial charge in [-0.05, 0) is 74.9 Å². The fraction of sp³-hybridized carbons (Fsp3) is 0.467. The van der Waals surface area contributed by atoms with Crippen LogP contribution in [-0.2, 0) is 33.1 Å². The van der Waals surface area contributed by atoms with E-state index in [0.29, 0.717) is 74.9 Å². The van der Waals surface area contributed by atoms with Crippen LogP contribution in [0.25, 0.3) is 0 Å². The van der Waals surface area contributed by atoms with E-state index in [2.05, 4.69) is 0 Å². The third-order valence-electron chi connectivity index (χ3n) is 11.7. The quantitative estimate of drug-likeness (QED) is 0.0762. The number of hydrogen-bond acceptors (Lipinski definition) is 13. The highest BCUT2D eigenvalue weighted by atomic mass is 31.2. The Labute approximate surface area is 346 Å². The van der Waals surface area contributed by atoms with Crippen LogP contribution in [-0.4, -0.2) is 130 Å². The number of benzene rings is 3. The maximum atomic E-state index is 15.8. The molecule has 3 atom stereocenters. The average Bonchev–Trinajstić information content (AvgIpc) is 3.22. The number of hydrogen-bond donors (Lipinski definition) is 0. The molecule has 59 heavy (non-hydrogen) atoms. The molecule has 0 saturated carbocycles. The number of carbonyl (C=O) groups is 6. The van der Waals surface area contributed by atoms with E-state index in [4.69, 9.17) is 18.9 Å². The molecular weight excluding hydrogens is 775 g/mol. The number of esters is 1. The van der Waals surface area contributed by atoms with Gasteiger partial charge in [0.15, 0.2) is 11.6 Å². The largest absolute Gasteiger partial charge is 0.468 e. The minimum atomic E-state index is -4.78. The number of rotatable bonds is 17. The van der Waals surface area contributed by atoms with Gasteiger partial charge >= 0.3 is 5.97 Å². The summed E-state index contributed by atoms with van der Waals surface area (Å²) in [5.41, 5.74) is -0.438. The summed E-state index contributed by atoms with van der Waals surface area (Å²) in [6.07, 6.45) is 0.246. The summed E-state index contributed by atoms with van der Waals surface area (Å²) in [6.45, 7) is 13.2. The number of aldehydes is 1. The smallest absolute Gasteiger partial charge is 0.323 e. The van der Waals surface area contributed by atoms with Gasteiger partial charge in [-0.25, -0.2) is 0 Å². The summed E-state index contributed by atoms with van der Waals surface area (Å²) in [5, 5.41) is -0.0000374. The van der Waals surface area contributed by atoms with E-state index < -0.39 is 47.3 Å². The second kappa shape index (κ2) is 19.3. The van der Waals surface area contributed by atoms with E-state index in [0.717, 1.165) is 6.29 Å². The van der Waals surface area contributed by atoms with Crippen LogP contribution in [0.3, 0.4) is 0 Å². The standard InChI is InChI=1S/C45H55N2O11P/c1-28-22-30(3)40(32(5)38(28)36(49)24-35(42(51)56-8)46-14-18-57-19-15-46)43(52)59(54,34-12-10-9-11-13-34)44(53)41-31(4)23-29(2)39(33(41)6)37(50)25-45(26-48,27-55-7)47-16-20-58-21-17-47/h9-13,22-23,26,35H,14-21,24-25,27H2,1-8H3. The van der Waals surface area contributed by atoms with Gasteiger partial charge < -0.3 is 28.3 Å². The molecule has 14 heteroatoms. The number of morpholine rings is 2. The van der Waals surface area contributed by atoms with Crippen LogP contribution in [0.2, 0.25) is 0 Å². The van der Waals surface area contributed by atoms with Crippen LogP contribution >= 0.6 is 7.14 Å². The summed E-state index contributed by atoms with van der Waals surface area (Å²) < 4.78 is 37.3. The first-order chi connectivity index (χ1) is 28.1. The maximum Gasteiger partial charge on any atom is 0.323 e. The molecule has 0 aliphatic carbocycles. The Hall–Kier alpha value is -4.49. The number of aryl methyl sites for hydroxylation is 4. The van der Waals surface area contributed by atoms with E-state index in [1.807, 2.05) is 9.80 Å². The number of nitrogens with zero attached hydrogens (tertiary/aromatic N) is 2. The monoisotopic (exact) mass is 830 g/mol. The molecule has 2 aliphatic rings. The Morgan fingerprint density at radius 1 is 0.729 bits per heavy atom. The highest BCUT2D eigenvalue weighted by Gasteiger charge is 2.47. The molecule has 2 heterocycles. The van der Waals surface area contributed by atoms with Crippen molar-refractivity contribution in [2.45, 2.75) is 66.0 Å². The first kappa shape index (κ1) is 45.6. The fourth-order valence-corrected chi connectivity index (χ4v) is 11.4. The van der Waals surface area contributed by atoms with Gasteiger partial charge in [0.2, 0.25) is 18.2 Å². The normalized spacial score (nSPS) is 17.6. The molecule has 2 fully saturated rings. The second-order valence-electron chi connectivity index (χ2n) is 15.5. The maximum absolute atomic E-state index is 15.8. The molecule has 0 aromatic heterocycles. The van der Waals surface area contributed by atoms with Crippen LogP contribution in [0.1, 0.15) is 87.7 Å². The number of ether oxygens (including phenoxy) is 4. The third-order valence-corrected chi connectivity index (χ3v) is 14.3. The first-order valence-electron chi connectivity index (χ1n) is 19.8. The first-order valence-corrected chi connectivity index (χ1v) is 21.5. The molecule has 0 bridgehead atoms. The average molecular weight is 831 g/mol. The molecule has 0 N–H and O–H groups in total. The Morgan fingerprint density at radius 2 is 1.20 bits per heavy atom. The van der Waals surface area contributed by atoms with Gasteiger partial charge in [0.05, 0.1) is 40.1 Å². The second-order valence-corrected chi connectivity index (χ2v) is 18.0. The van der Waals surface area contributed by atoms with Crippen LogP contribution in [0.5, 0.6) is 0 Å². The minimum absolute atomic E-state index is 0.0000374. The van der Waals surface area contributed by atoms with E-state index in [1.54, 1.807) is 71.9 Å². The Morgan fingerprint density at radius 3 is 1.68 bits per heavy atom. The van der Waals surface area contributed by atoms with E-state index >= 15 is 14.2 Å². The third kappa shape index (κ3) is 9.01. The molecule has 5 rings (SSSR count). The lowest BCUT2D eigenvalue weighted by Gasteiger charge is -2.41. The highest BCUT2D eigenvalue weighted by molar-refractivity contribution is 8.01. The van der Waals surface area contributed by atoms with Gasteiger partial charge in [0, 0.05) is 73.7 Å². The topological polar surface area (TPSA) is 163 Å².